The summed E-state index contributed by atoms with van der Waals surface area (Å²) in [5.74, 6) is 0. The van der Waals surface area contributed by atoms with Crippen molar-refractivity contribution in [1.29, 1.82) is 0 Å². The molecule has 4 rings (SSSR count). The topological polar surface area (TPSA) is 30.5 Å². The molecule has 1 saturated heterocycles. The summed E-state index contributed by atoms with van der Waals surface area (Å²) < 4.78 is 12.2. The zero-order valence-corrected chi connectivity index (χ0v) is 12.8. The van der Waals surface area contributed by atoms with Gasteiger partial charge >= 0.3 is 0 Å². The van der Waals surface area contributed by atoms with Crippen LogP contribution in [0.25, 0.3) is 0 Å². The maximum Gasteiger partial charge on any atom is 0.113 e. The fourth-order valence-corrected chi connectivity index (χ4v) is 3.46. The second kappa shape index (κ2) is 5.75. The molecule has 2 heterocycles. The van der Waals surface area contributed by atoms with Crippen LogP contribution in [0.1, 0.15) is 35.8 Å². The Hall–Kier alpha value is -1.84. The molecule has 0 bridgehead atoms. The summed E-state index contributed by atoms with van der Waals surface area (Å²) in [6.45, 7) is 3.51. The first-order valence-electron chi connectivity index (χ1n) is 8.04. The van der Waals surface area contributed by atoms with E-state index in [1.54, 1.807) is 0 Å². The van der Waals surface area contributed by atoms with Gasteiger partial charge < -0.3 is 14.8 Å². The fourth-order valence-electron chi connectivity index (χ4n) is 3.46. The molecule has 0 radical (unpaired) electrons. The fraction of sp³-hybridized carbons (Fsp3) is 0.368. The van der Waals surface area contributed by atoms with E-state index in [-0.39, 0.29) is 18.2 Å². The number of rotatable bonds is 2. The number of anilines is 1. The summed E-state index contributed by atoms with van der Waals surface area (Å²) in [4.78, 5) is 0. The van der Waals surface area contributed by atoms with Crippen molar-refractivity contribution in [3.05, 3.63) is 65.2 Å². The molecule has 0 unspecified atom stereocenters. The van der Waals surface area contributed by atoms with Crippen LogP contribution in [0.4, 0.5) is 5.69 Å². The summed E-state index contributed by atoms with van der Waals surface area (Å²) in [5, 5.41) is 3.66. The van der Waals surface area contributed by atoms with E-state index in [1.807, 2.05) is 6.07 Å². The number of aryl methyl sites for hydroxylation is 1. The van der Waals surface area contributed by atoms with E-state index in [2.05, 4.69) is 54.7 Å². The molecule has 3 atom stereocenters. The van der Waals surface area contributed by atoms with Crippen molar-refractivity contribution in [2.45, 2.75) is 31.6 Å². The highest BCUT2D eigenvalue weighted by Gasteiger charge is 2.40. The molecule has 2 aromatic carbocycles. The molecule has 3 heteroatoms. The molecule has 1 N–H and O–H groups in total. The summed E-state index contributed by atoms with van der Waals surface area (Å²) in [6, 6.07) is 17.3. The molecule has 2 aromatic rings. The lowest BCUT2D eigenvalue weighted by atomic mass is 9.87. The Labute approximate surface area is 131 Å². The van der Waals surface area contributed by atoms with Crippen molar-refractivity contribution in [1.82, 2.24) is 0 Å². The van der Waals surface area contributed by atoms with Gasteiger partial charge in [-0.2, -0.15) is 0 Å². The van der Waals surface area contributed by atoms with Gasteiger partial charge in [-0.25, -0.2) is 0 Å². The van der Waals surface area contributed by atoms with Gasteiger partial charge in [0.15, 0.2) is 0 Å². The van der Waals surface area contributed by atoms with Crippen molar-refractivity contribution in [3.63, 3.8) is 0 Å². The van der Waals surface area contributed by atoms with E-state index in [4.69, 9.17) is 9.47 Å². The second-order valence-electron chi connectivity index (χ2n) is 5.93. The molecule has 22 heavy (non-hydrogen) atoms. The third-order valence-electron chi connectivity index (χ3n) is 4.62. The average molecular weight is 295 g/mol. The van der Waals surface area contributed by atoms with Crippen LogP contribution in [0.5, 0.6) is 0 Å². The molecular formula is C19H21NO2. The van der Waals surface area contributed by atoms with Crippen LogP contribution >= 0.6 is 0 Å². The minimum Gasteiger partial charge on any atom is -0.375 e. The quantitative estimate of drug-likeness (QED) is 0.912. The minimum absolute atomic E-state index is 0.0155. The number of benzene rings is 2. The van der Waals surface area contributed by atoms with Crippen molar-refractivity contribution in [3.8, 4) is 0 Å². The van der Waals surface area contributed by atoms with Crippen LogP contribution < -0.4 is 5.32 Å². The van der Waals surface area contributed by atoms with Gasteiger partial charge in [0.05, 0.1) is 19.3 Å². The van der Waals surface area contributed by atoms with Crippen molar-refractivity contribution < 1.29 is 9.47 Å². The lowest BCUT2D eigenvalue weighted by Crippen LogP contribution is -2.43. The van der Waals surface area contributed by atoms with Crippen molar-refractivity contribution in [2.75, 3.05) is 18.5 Å². The molecule has 114 valence electrons. The van der Waals surface area contributed by atoms with E-state index in [0.717, 1.165) is 12.1 Å². The Morgan fingerprint density at radius 2 is 1.86 bits per heavy atom. The first-order valence-corrected chi connectivity index (χ1v) is 8.04. The number of nitrogens with one attached hydrogen (secondary N) is 1. The first-order chi connectivity index (χ1) is 10.9. The Bertz CT molecular complexity index is 656. The first kappa shape index (κ1) is 13.8. The molecule has 0 aromatic heterocycles. The molecule has 0 saturated carbocycles. The van der Waals surface area contributed by atoms with Gasteiger partial charge in [-0.3, -0.25) is 0 Å². The number of hydrogen-bond donors (Lipinski definition) is 1. The van der Waals surface area contributed by atoms with Gasteiger partial charge in [0.2, 0.25) is 0 Å². The van der Waals surface area contributed by atoms with Crippen LogP contribution in [-0.2, 0) is 15.9 Å². The molecule has 2 aliphatic rings. The maximum absolute atomic E-state index is 6.09. The minimum atomic E-state index is 0.0155. The monoisotopic (exact) mass is 295 g/mol. The highest BCUT2D eigenvalue weighted by Crippen LogP contribution is 2.44. The molecule has 1 fully saturated rings. The molecule has 0 amide bonds. The van der Waals surface area contributed by atoms with E-state index in [9.17, 15) is 0 Å². The van der Waals surface area contributed by atoms with Gasteiger partial charge in [0.25, 0.3) is 0 Å². The highest BCUT2D eigenvalue weighted by molar-refractivity contribution is 5.58. The predicted octanol–water partition coefficient (Wildman–Crippen LogP) is 3.87. The van der Waals surface area contributed by atoms with E-state index in [1.165, 1.54) is 16.7 Å². The third-order valence-corrected chi connectivity index (χ3v) is 4.62. The summed E-state index contributed by atoms with van der Waals surface area (Å²) in [7, 11) is 0. The smallest absolute Gasteiger partial charge is 0.113 e. The van der Waals surface area contributed by atoms with Crippen LogP contribution in [0.2, 0.25) is 0 Å². The zero-order chi connectivity index (χ0) is 14.9. The van der Waals surface area contributed by atoms with Gasteiger partial charge in [0, 0.05) is 11.3 Å². The standard InChI is InChI=1S/C19H21NO2/c1-2-13-8-9-16-15(12-13)18-19(22-11-10-21-18)17(20-16)14-6-4-3-5-7-14/h3-9,12,17-20H,2,10-11H2,1H3/t17-,18+,19-/m0/s1. The van der Waals surface area contributed by atoms with Crippen LogP contribution in [-0.4, -0.2) is 19.3 Å². The van der Waals surface area contributed by atoms with Crippen molar-refractivity contribution >= 4 is 5.69 Å². The molecule has 0 spiro atoms. The summed E-state index contributed by atoms with van der Waals surface area (Å²) in [5.41, 5.74) is 4.98. The van der Waals surface area contributed by atoms with Gasteiger partial charge in [-0.1, -0.05) is 49.4 Å². The molecule has 0 aliphatic carbocycles. The van der Waals surface area contributed by atoms with Crippen LogP contribution in [0.15, 0.2) is 48.5 Å². The predicted molar refractivity (Wildman–Crippen MR) is 87.1 cm³/mol. The zero-order valence-electron chi connectivity index (χ0n) is 12.8. The summed E-state index contributed by atoms with van der Waals surface area (Å²) >= 11 is 0. The van der Waals surface area contributed by atoms with Gasteiger partial charge in [-0.05, 0) is 23.6 Å². The number of ether oxygens (including phenoxy) is 2. The van der Waals surface area contributed by atoms with Gasteiger partial charge in [0.1, 0.15) is 12.2 Å². The normalized spacial score (nSPS) is 26.7. The SMILES string of the molecule is CCc1ccc2c(c1)[C@H]1OCCO[C@H]1[C@H](c1ccccc1)N2. The lowest BCUT2D eigenvalue weighted by Gasteiger charge is -2.43. The third kappa shape index (κ3) is 2.31. The van der Waals surface area contributed by atoms with E-state index >= 15 is 0 Å². The Kier molecular flexibility index (Phi) is 3.60. The lowest BCUT2D eigenvalue weighted by molar-refractivity contribution is -0.151. The van der Waals surface area contributed by atoms with Crippen LogP contribution in [0, 0.1) is 0 Å². The highest BCUT2D eigenvalue weighted by atomic mass is 16.6. The molecular weight excluding hydrogens is 274 g/mol. The van der Waals surface area contributed by atoms with E-state index < -0.39 is 0 Å². The number of fused-ring (bicyclic) bond motifs is 3. The second-order valence-corrected chi connectivity index (χ2v) is 5.93. The van der Waals surface area contributed by atoms with Gasteiger partial charge in [-0.15, -0.1) is 0 Å². The molecule has 2 aliphatic heterocycles. The van der Waals surface area contributed by atoms with Crippen LogP contribution in [0.3, 0.4) is 0 Å². The Morgan fingerprint density at radius 3 is 2.68 bits per heavy atom. The largest absolute Gasteiger partial charge is 0.375 e. The summed E-state index contributed by atoms with van der Waals surface area (Å²) in [6.07, 6.45) is 1.07. The number of hydrogen-bond acceptors (Lipinski definition) is 3. The average Bonchev–Trinajstić information content (AvgIpc) is 2.61. The maximum atomic E-state index is 6.09. The van der Waals surface area contributed by atoms with E-state index in [0.29, 0.717) is 13.2 Å². The van der Waals surface area contributed by atoms with Crippen molar-refractivity contribution in [2.24, 2.45) is 0 Å². The Balaban J connectivity index is 1.77. The Morgan fingerprint density at radius 1 is 1.05 bits per heavy atom. The molecule has 3 nitrogen and oxygen atoms in total.